The van der Waals surface area contributed by atoms with E-state index in [2.05, 4.69) is 22.5 Å². The molecule has 138 valence electrons. The highest BCUT2D eigenvalue weighted by atomic mass is 16.7. The summed E-state index contributed by atoms with van der Waals surface area (Å²) in [6.07, 6.45) is 0.286. The molecular weight excluding hydrogens is 330 g/mol. The van der Waals surface area contributed by atoms with E-state index in [1.807, 2.05) is 36.4 Å². The van der Waals surface area contributed by atoms with Crippen molar-refractivity contribution >= 4 is 5.91 Å². The van der Waals surface area contributed by atoms with Gasteiger partial charge in [0.15, 0.2) is 6.29 Å². The van der Waals surface area contributed by atoms with Crippen molar-refractivity contribution in [3.05, 3.63) is 70.8 Å². The number of hydrogen-bond acceptors (Lipinski definition) is 5. The van der Waals surface area contributed by atoms with Crippen molar-refractivity contribution in [1.29, 1.82) is 0 Å². The molecule has 0 bridgehead atoms. The van der Waals surface area contributed by atoms with Crippen molar-refractivity contribution in [2.24, 2.45) is 5.84 Å². The molecule has 6 nitrogen and oxygen atoms in total. The van der Waals surface area contributed by atoms with Gasteiger partial charge in [-0.05, 0) is 23.1 Å². The number of hydrazine groups is 1. The molecule has 6 heteroatoms. The first-order valence-electron chi connectivity index (χ1n) is 8.62. The Hall–Kier alpha value is -2.25. The first-order valence-corrected chi connectivity index (χ1v) is 8.62. The molecule has 0 fully saturated rings. The maximum atomic E-state index is 12.3. The number of methoxy groups -OCH3 is 2. The number of nitrogens with one attached hydrogen (secondary N) is 1. The van der Waals surface area contributed by atoms with E-state index in [1.165, 1.54) is 11.1 Å². The zero-order valence-corrected chi connectivity index (χ0v) is 15.1. The fourth-order valence-corrected chi connectivity index (χ4v) is 3.48. The number of amides is 1. The third-order valence-corrected chi connectivity index (χ3v) is 4.86. The number of carbonyl (C=O) groups excluding carboxylic acids is 1. The van der Waals surface area contributed by atoms with Gasteiger partial charge in [0.25, 0.3) is 5.91 Å². The van der Waals surface area contributed by atoms with Crippen LogP contribution in [0.1, 0.15) is 28.5 Å². The predicted octanol–water partition coefficient (Wildman–Crippen LogP) is 1.89. The largest absolute Gasteiger partial charge is 0.352 e. The Kier molecular flexibility index (Phi) is 6.00. The second-order valence-corrected chi connectivity index (χ2v) is 6.45. The Morgan fingerprint density at radius 2 is 1.81 bits per heavy atom. The number of nitrogens with two attached hydrogens (primary N) is 1. The molecule has 3 rings (SSSR count). The highest BCUT2D eigenvalue weighted by Crippen LogP contribution is 2.26. The molecule has 1 aliphatic heterocycles. The van der Waals surface area contributed by atoms with E-state index >= 15 is 0 Å². The predicted molar refractivity (Wildman–Crippen MR) is 98.7 cm³/mol. The summed E-state index contributed by atoms with van der Waals surface area (Å²) >= 11 is 0. The molecule has 2 aromatic carbocycles. The maximum absolute atomic E-state index is 12.3. The van der Waals surface area contributed by atoms with Crippen LogP contribution in [-0.4, -0.2) is 31.1 Å². The van der Waals surface area contributed by atoms with Crippen LogP contribution in [0.5, 0.6) is 0 Å². The molecule has 1 amide bonds. The lowest BCUT2D eigenvalue weighted by Crippen LogP contribution is -2.51. The molecule has 0 aromatic heterocycles. The van der Waals surface area contributed by atoms with Crippen molar-refractivity contribution in [2.45, 2.75) is 31.8 Å². The minimum Gasteiger partial charge on any atom is -0.352 e. The van der Waals surface area contributed by atoms with Crippen molar-refractivity contribution in [3.63, 3.8) is 0 Å². The number of fused-ring (bicyclic) bond motifs is 1. The van der Waals surface area contributed by atoms with E-state index < -0.39 is 0 Å². The Balaban J connectivity index is 1.79. The van der Waals surface area contributed by atoms with Gasteiger partial charge < -0.3 is 9.47 Å². The van der Waals surface area contributed by atoms with Crippen LogP contribution in [0.25, 0.3) is 0 Å². The zero-order chi connectivity index (χ0) is 18.5. The Morgan fingerprint density at radius 3 is 2.42 bits per heavy atom. The summed E-state index contributed by atoms with van der Waals surface area (Å²) in [5.74, 6) is 5.25. The second kappa shape index (κ2) is 8.42. The van der Waals surface area contributed by atoms with Gasteiger partial charge in [0.1, 0.15) is 0 Å². The Morgan fingerprint density at radius 1 is 1.15 bits per heavy atom. The third kappa shape index (κ3) is 3.94. The Bertz CT molecular complexity index is 744. The number of hydrogen-bond donors (Lipinski definition) is 2. The van der Waals surface area contributed by atoms with Crippen LogP contribution in [0.2, 0.25) is 0 Å². The molecule has 1 heterocycles. The summed E-state index contributed by atoms with van der Waals surface area (Å²) < 4.78 is 10.6. The van der Waals surface area contributed by atoms with Crippen LogP contribution in [0.3, 0.4) is 0 Å². The SMILES string of the molecule is COC(OC)c1ccc(CN2Cc3ccccc3C[C@@H]2C(=O)NN)cc1. The van der Waals surface area contributed by atoms with Crippen molar-refractivity contribution in [3.8, 4) is 0 Å². The van der Waals surface area contributed by atoms with Crippen LogP contribution < -0.4 is 11.3 Å². The van der Waals surface area contributed by atoms with E-state index in [-0.39, 0.29) is 18.2 Å². The summed E-state index contributed by atoms with van der Waals surface area (Å²) in [5, 5.41) is 0. The average Bonchev–Trinajstić information content (AvgIpc) is 2.69. The molecule has 26 heavy (non-hydrogen) atoms. The molecule has 0 aliphatic carbocycles. The molecule has 2 aromatic rings. The topological polar surface area (TPSA) is 76.8 Å². The molecule has 0 saturated carbocycles. The second-order valence-electron chi connectivity index (χ2n) is 6.45. The minimum absolute atomic E-state index is 0.157. The molecule has 3 N–H and O–H groups in total. The molecular formula is C20H25N3O3. The highest BCUT2D eigenvalue weighted by Gasteiger charge is 2.31. The Labute approximate surface area is 153 Å². The minimum atomic E-state index is -0.373. The van der Waals surface area contributed by atoms with E-state index in [0.717, 1.165) is 17.7 Å². The van der Waals surface area contributed by atoms with E-state index in [0.29, 0.717) is 13.0 Å². The monoisotopic (exact) mass is 355 g/mol. The lowest BCUT2D eigenvalue weighted by atomic mass is 9.93. The third-order valence-electron chi connectivity index (χ3n) is 4.86. The molecule has 1 atom stereocenters. The summed E-state index contributed by atoms with van der Waals surface area (Å²) in [6, 6.07) is 16.0. The van der Waals surface area contributed by atoms with Crippen LogP contribution in [0, 0.1) is 0 Å². The van der Waals surface area contributed by atoms with Crippen molar-refractivity contribution in [1.82, 2.24) is 10.3 Å². The number of benzene rings is 2. The first-order chi connectivity index (χ1) is 12.7. The van der Waals surface area contributed by atoms with Crippen molar-refractivity contribution in [2.75, 3.05) is 14.2 Å². The molecule has 0 unspecified atom stereocenters. The normalized spacial score (nSPS) is 17.2. The summed E-state index contributed by atoms with van der Waals surface area (Å²) in [6.45, 7) is 1.38. The number of nitrogens with zero attached hydrogens (tertiary/aromatic N) is 1. The standard InChI is InChI=1S/C20H25N3O3/c1-25-20(26-2)15-9-7-14(8-10-15)12-23-13-17-6-4-3-5-16(17)11-18(23)19(24)22-21/h3-10,18,20H,11-13,21H2,1-2H3,(H,22,24)/t18-/m1/s1. The lowest BCUT2D eigenvalue weighted by molar-refractivity contribution is -0.127. The summed E-state index contributed by atoms with van der Waals surface area (Å²) in [4.78, 5) is 14.4. The van der Waals surface area contributed by atoms with Gasteiger partial charge in [0.2, 0.25) is 0 Å². The summed E-state index contributed by atoms with van der Waals surface area (Å²) in [7, 11) is 3.23. The lowest BCUT2D eigenvalue weighted by Gasteiger charge is -2.35. The molecule has 0 radical (unpaired) electrons. The van der Waals surface area contributed by atoms with Crippen LogP contribution >= 0.6 is 0 Å². The first kappa shape index (κ1) is 18.5. The van der Waals surface area contributed by atoms with Gasteiger partial charge in [-0.15, -0.1) is 0 Å². The van der Waals surface area contributed by atoms with Gasteiger partial charge in [0, 0.05) is 32.9 Å². The quantitative estimate of drug-likeness (QED) is 0.358. The fourth-order valence-electron chi connectivity index (χ4n) is 3.48. The van der Waals surface area contributed by atoms with Gasteiger partial charge >= 0.3 is 0 Å². The molecule has 0 saturated heterocycles. The van der Waals surface area contributed by atoms with Gasteiger partial charge in [-0.3, -0.25) is 15.1 Å². The van der Waals surface area contributed by atoms with Crippen LogP contribution in [0.15, 0.2) is 48.5 Å². The summed E-state index contributed by atoms with van der Waals surface area (Å²) in [5.41, 5.74) is 6.84. The molecule has 0 spiro atoms. The number of carbonyl (C=O) groups is 1. The van der Waals surface area contributed by atoms with Gasteiger partial charge in [-0.1, -0.05) is 48.5 Å². The molecule has 1 aliphatic rings. The smallest absolute Gasteiger partial charge is 0.251 e. The van der Waals surface area contributed by atoms with Gasteiger partial charge in [0.05, 0.1) is 6.04 Å². The van der Waals surface area contributed by atoms with Crippen LogP contribution in [0.4, 0.5) is 0 Å². The van der Waals surface area contributed by atoms with Gasteiger partial charge in [-0.2, -0.15) is 0 Å². The van der Waals surface area contributed by atoms with Crippen molar-refractivity contribution < 1.29 is 14.3 Å². The number of ether oxygens (including phenoxy) is 2. The fraction of sp³-hybridized carbons (Fsp3) is 0.350. The average molecular weight is 355 g/mol. The van der Waals surface area contributed by atoms with E-state index in [1.54, 1.807) is 14.2 Å². The van der Waals surface area contributed by atoms with E-state index in [4.69, 9.17) is 15.3 Å². The van der Waals surface area contributed by atoms with E-state index in [9.17, 15) is 4.79 Å². The highest BCUT2D eigenvalue weighted by molar-refractivity contribution is 5.81. The maximum Gasteiger partial charge on any atom is 0.251 e. The van der Waals surface area contributed by atoms with Crippen LogP contribution in [-0.2, 0) is 33.8 Å². The zero-order valence-electron chi connectivity index (χ0n) is 15.1. The van der Waals surface area contributed by atoms with Gasteiger partial charge in [-0.25, -0.2) is 5.84 Å². The number of rotatable bonds is 6.